The zero-order valence-corrected chi connectivity index (χ0v) is 18.2. The van der Waals surface area contributed by atoms with Gasteiger partial charge in [-0.25, -0.2) is 0 Å². The van der Waals surface area contributed by atoms with Crippen molar-refractivity contribution < 1.29 is 84.6 Å². The molecule has 0 aromatic rings. The molecule has 6 nitrogen and oxygen atoms in total. The Morgan fingerprint density at radius 2 is 1.09 bits per heavy atom. The summed E-state index contributed by atoms with van der Waals surface area (Å²) in [5.74, 6) is -1.50. The van der Waals surface area contributed by atoms with E-state index in [0.29, 0.717) is 0 Å². The van der Waals surface area contributed by atoms with Crippen LogP contribution in [0.3, 0.4) is 0 Å². The topological polar surface area (TPSA) is 74.8 Å². The van der Waals surface area contributed by atoms with Crippen molar-refractivity contribution in [3.8, 4) is 0 Å². The molecule has 2 atom stereocenters. The van der Waals surface area contributed by atoms with Gasteiger partial charge in [-0.1, -0.05) is 38.8 Å². The molecule has 2 radical (unpaired) electrons. The minimum atomic E-state index is -0.287. The van der Waals surface area contributed by atoms with Crippen LogP contribution in [0.4, 0.5) is 0 Å². The molecule has 0 aromatic carbocycles. The molecule has 22 heavy (non-hydrogen) atoms. The third-order valence-corrected chi connectivity index (χ3v) is 2.88. The molecule has 0 N–H and O–H groups in total. The summed E-state index contributed by atoms with van der Waals surface area (Å²) in [6.07, 6.45) is 5.24. The normalized spacial score (nSPS) is 22.6. The molecule has 2 fully saturated rings. The summed E-state index contributed by atoms with van der Waals surface area (Å²) in [6, 6.07) is 0. The van der Waals surface area contributed by atoms with Crippen molar-refractivity contribution in [3.05, 3.63) is 38.4 Å². The van der Waals surface area contributed by atoms with E-state index in [0.717, 1.165) is 9.80 Å². The minimum absolute atomic E-state index is 0. The monoisotopic (exact) mass is 454 g/mol. The summed E-state index contributed by atoms with van der Waals surface area (Å²) in [5, 5.41) is 0. The molecule has 0 bridgehead atoms. The van der Waals surface area contributed by atoms with Gasteiger partial charge in [0, 0.05) is 77.8 Å². The van der Waals surface area contributed by atoms with Crippen LogP contribution < -0.4 is 0 Å². The number of amides is 4. The quantitative estimate of drug-likeness (QED) is 0.455. The van der Waals surface area contributed by atoms with Crippen molar-refractivity contribution in [3.63, 3.8) is 0 Å². The second-order valence-electron chi connectivity index (χ2n) is 4.37. The van der Waals surface area contributed by atoms with Gasteiger partial charge in [-0.2, -0.15) is 0 Å². The van der Waals surface area contributed by atoms with Gasteiger partial charge in [0.05, 0.1) is 11.8 Å². The van der Waals surface area contributed by atoms with E-state index in [1.165, 1.54) is 25.2 Å². The van der Waals surface area contributed by atoms with Gasteiger partial charge in [0.25, 0.3) is 0 Å². The fraction of sp³-hybridized carbons (Fsp3) is 0.286. The van der Waals surface area contributed by atoms with E-state index in [2.05, 4.69) is 13.2 Å². The van der Waals surface area contributed by atoms with Crippen molar-refractivity contribution in [2.45, 2.75) is 13.8 Å². The van der Waals surface area contributed by atoms with Crippen LogP contribution in [-0.4, -0.2) is 33.4 Å². The predicted molar refractivity (Wildman–Crippen MR) is 71.0 cm³/mol. The van der Waals surface area contributed by atoms with Gasteiger partial charge in [-0.05, 0) is 0 Å². The van der Waals surface area contributed by atoms with Crippen LogP contribution in [-0.2, 0) is 84.6 Å². The SMILES string of the molecule is C=CN1C(=O)[CH-]C(C)C1=O.C=CN1C(=O)[CH-]C(C)C1=O.[Y].[Y]. The molecular weight excluding hydrogens is 438 g/mol. The number of nitrogens with zero attached hydrogens (tertiary/aromatic N) is 2. The Morgan fingerprint density at radius 3 is 1.18 bits per heavy atom. The minimum Gasteiger partial charge on any atom is -0.310 e. The van der Waals surface area contributed by atoms with Gasteiger partial charge in [0.1, 0.15) is 0 Å². The fourth-order valence-corrected chi connectivity index (χ4v) is 1.75. The van der Waals surface area contributed by atoms with Crippen LogP contribution in [0.1, 0.15) is 13.8 Å². The van der Waals surface area contributed by atoms with Crippen molar-refractivity contribution in [1.29, 1.82) is 0 Å². The Balaban J connectivity index is 0. The summed E-state index contributed by atoms with van der Waals surface area (Å²) < 4.78 is 0. The molecule has 0 spiro atoms. The van der Waals surface area contributed by atoms with Crippen LogP contribution >= 0.6 is 0 Å². The van der Waals surface area contributed by atoms with Crippen LogP contribution in [0.25, 0.3) is 0 Å². The zero-order chi connectivity index (χ0) is 15.4. The number of hydrogen-bond donors (Lipinski definition) is 0. The van der Waals surface area contributed by atoms with E-state index in [9.17, 15) is 19.2 Å². The summed E-state index contributed by atoms with van der Waals surface area (Å²) in [7, 11) is 0. The first-order valence-electron chi connectivity index (χ1n) is 6.02. The number of imide groups is 2. The molecule has 4 amide bonds. The van der Waals surface area contributed by atoms with Crippen molar-refractivity contribution in [2.75, 3.05) is 0 Å². The molecule has 2 heterocycles. The first-order chi connectivity index (χ1) is 9.33. The Morgan fingerprint density at radius 1 is 0.818 bits per heavy atom. The first kappa shape index (κ1) is 24.0. The standard InChI is InChI=1S/2C7H8NO2.2Y/c2*1-3-8-6(9)4-5(2)7(8)10;;/h2*3-5H,1H2,2H3;;/q2*-1;;. The first-order valence-corrected chi connectivity index (χ1v) is 6.02. The molecule has 2 unspecified atom stereocenters. The summed E-state index contributed by atoms with van der Waals surface area (Å²) >= 11 is 0. The molecule has 114 valence electrons. The largest absolute Gasteiger partial charge is 0.310 e. The molecule has 0 saturated carbocycles. The average Bonchev–Trinajstić information content (AvgIpc) is 2.77. The maximum atomic E-state index is 10.9. The van der Waals surface area contributed by atoms with Gasteiger partial charge in [-0.3, -0.25) is 32.2 Å². The average molecular weight is 454 g/mol. The molecule has 2 aliphatic heterocycles. The van der Waals surface area contributed by atoms with E-state index in [1.54, 1.807) is 13.8 Å². The number of hydrogen-bond acceptors (Lipinski definition) is 4. The van der Waals surface area contributed by atoms with Crippen LogP contribution in [0.15, 0.2) is 25.6 Å². The second kappa shape index (κ2) is 10.5. The number of rotatable bonds is 2. The van der Waals surface area contributed by atoms with Crippen molar-refractivity contribution in [1.82, 2.24) is 9.80 Å². The number of carbonyl (C=O) groups is 4. The second-order valence-corrected chi connectivity index (χ2v) is 4.37. The molecule has 0 aromatic heterocycles. The third kappa shape index (κ3) is 5.41. The molecule has 0 aliphatic carbocycles. The summed E-state index contributed by atoms with van der Waals surface area (Å²) in [5.41, 5.74) is 0. The van der Waals surface area contributed by atoms with Gasteiger partial charge >= 0.3 is 0 Å². The molecule has 8 heteroatoms. The molecule has 2 rings (SSSR count). The van der Waals surface area contributed by atoms with Crippen LogP contribution in [0.5, 0.6) is 0 Å². The maximum absolute atomic E-state index is 10.9. The van der Waals surface area contributed by atoms with E-state index in [1.807, 2.05) is 0 Å². The van der Waals surface area contributed by atoms with Crippen LogP contribution in [0, 0.1) is 24.7 Å². The van der Waals surface area contributed by atoms with Gasteiger partial charge in [0.15, 0.2) is 0 Å². The summed E-state index contributed by atoms with van der Waals surface area (Å²) in [6.45, 7) is 10.1. The number of carbonyl (C=O) groups excluding carboxylic acids is 4. The Kier molecular flexibility index (Phi) is 11.4. The van der Waals surface area contributed by atoms with Gasteiger partial charge in [0.2, 0.25) is 11.8 Å². The maximum Gasteiger partial charge on any atom is 0.206 e. The summed E-state index contributed by atoms with van der Waals surface area (Å²) in [4.78, 5) is 45.5. The van der Waals surface area contributed by atoms with Crippen molar-refractivity contribution >= 4 is 23.6 Å². The van der Waals surface area contributed by atoms with E-state index < -0.39 is 0 Å². The van der Waals surface area contributed by atoms with Crippen molar-refractivity contribution in [2.24, 2.45) is 11.8 Å². The van der Waals surface area contributed by atoms with Gasteiger partial charge < -0.3 is 9.59 Å². The molecule has 2 saturated heterocycles. The number of likely N-dealkylation sites (tertiary alicyclic amines) is 2. The Bertz CT molecular complexity index is 449. The molecule has 2 aliphatic rings. The smallest absolute Gasteiger partial charge is 0.206 e. The van der Waals surface area contributed by atoms with E-state index in [4.69, 9.17) is 0 Å². The van der Waals surface area contributed by atoms with Gasteiger partial charge in [-0.15, -0.1) is 0 Å². The fourth-order valence-electron chi connectivity index (χ4n) is 1.75. The third-order valence-electron chi connectivity index (χ3n) is 2.88. The Labute approximate surface area is 180 Å². The Hall–Kier alpha value is -0.292. The predicted octanol–water partition coefficient (Wildman–Crippen LogP) is 0.673. The van der Waals surface area contributed by atoms with Crippen LogP contribution in [0.2, 0.25) is 0 Å². The zero-order valence-electron chi connectivity index (χ0n) is 12.6. The van der Waals surface area contributed by atoms with E-state index >= 15 is 0 Å². The van der Waals surface area contributed by atoms with E-state index in [-0.39, 0.29) is 101 Å². The molecular formula is C14H16N2O4Y2-2.